The first kappa shape index (κ1) is 14.5. The maximum Gasteiger partial charge on any atom is 0.406 e. The Hall–Kier alpha value is -0.560. The monoisotopic (exact) mass is 329 g/mol. The summed E-state index contributed by atoms with van der Waals surface area (Å²) in [6.45, 7) is 0.536. The van der Waals surface area contributed by atoms with E-state index in [4.69, 9.17) is 0 Å². The van der Waals surface area contributed by atoms with Crippen LogP contribution in [0.1, 0.15) is 15.2 Å². The highest BCUT2D eigenvalue weighted by atomic mass is 79.9. The fraction of sp³-hybridized carbons (Fsp3) is 0.500. The van der Waals surface area contributed by atoms with Crippen molar-refractivity contribution in [1.82, 2.24) is 4.90 Å². The molecule has 0 bridgehead atoms. The van der Waals surface area contributed by atoms with Crippen molar-refractivity contribution >= 4 is 33.2 Å². The van der Waals surface area contributed by atoms with Crippen molar-refractivity contribution in [2.45, 2.75) is 13.1 Å². The molecule has 1 aromatic rings. The van der Waals surface area contributed by atoms with E-state index in [2.05, 4.69) is 15.9 Å². The second-order valence-corrected chi connectivity index (χ2v) is 5.17. The fourth-order valence-corrected chi connectivity index (χ4v) is 2.63. The zero-order valence-corrected chi connectivity index (χ0v) is 11.5. The smallest absolute Gasteiger partial charge is 0.328 e. The van der Waals surface area contributed by atoms with Crippen LogP contribution in [0.2, 0.25) is 0 Å². The molecule has 0 aliphatic rings. The summed E-state index contributed by atoms with van der Waals surface area (Å²) in [5.74, 6) is -0.561. The highest BCUT2D eigenvalue weighted by Gasteiger charge is 2.33. The minimum atomic E-state index is -4.37. The third-order valence-electron chi connectivity index (χ3n) is 2.07. The average molecular weight is 330 g/mol. The number of halogens is 4. The van der Waals surface area contributed by atoms with Crippen molar-refractivity contribution in [3.8, 4) is 0 Å². The van der Waals surface area contributed by atoms with E-state index >= 15 is 0 Å². The van der Waals surface area contributed by atoms with E-state index in [1.54, 1.807) is 18.4 Å². The third-order valence-corrected chi connectivity index (χ3v) is 3.43. The molecule has 1 aromatic heterocycles. The fourth-order valence-electron chi connectivity index (χ4n) is 1.31. The van der Waals surface area contributed by atoms with Crippen LogP contribution in [0.25, 0.3) is 0 Å². The minimum Gasteiger partial charge on any atom is -0.328 e. The van der Waals surface area contributed by atoms with Crippen LogP contribution in [0.5, 0.6) is 0 Å². The number of thiophene rings is 1. The van der Waals surface area contributed by atoms with Crippen LogP contribution in [0.3, 0.4) is 0 Å². The summed E-state index contributed by atoms with van der Waals surface area (Å²) >= 11 is 4.21. The molecule has 96 valence electrons. The van der Waals surface area contributed by atoms with Gasteiger partial charge in [0.25, 0.3) is 5.91 Å². The Morgan fingerprint density at radius 2 is 2.18 bits per heavy atom. The van der Waals surface area contributed by atoms with Crippen LogP contribution in [0, 0.1) is 6.92 Å². The maximum absolute atomic E-state index is 12.3. The van der Waals surface area contributed by atoms with Crippen LogP contribution in [0.4, 0.5) is 13.2 Å². The molecular formula is C10H11BrF3NOS. The quantitative estimate of drug-likeness (QED) is 0.775. The largest absolute Gasteiger partial charge is 0.406 e. The van der Waals surface area contributed by atoms with Crippen LogP contribution in [-0.4, -0.2) is 35.4 Å². The molecule has 0 N–H and O–H groups in total. The lowest BCUT2D eigenvalue weighted by Gasteiger charge is -2.22. The Kier molecular flexibility index (Phi) is 5.00. The molecule has 1 heterocycles. The Bertz CT molecular complexity index is 391. The van der Waals surface area contributed by atoms with Gasteiger partial charge < -0.3 is 4.90 Å². The summed E-state index contributed by atoms with van der Waals surface area (Å²) in [7, 11) is 0. The number of carbonyl (C=O) groups excluding carboxylic acids is 1. The Balaban J connectivity index is 2.84. The molecule has 2 nitrogen and oxygen atoms in total. The molecule has 0 radical (unpaired) electrons. The van der Waals surface area contributed by atoms with Crippen molar-refractivity contribution in [3.63, 3.8) is 0 Å². The Morgan fingerprint density at radius 3 is 2.59 bits per heavy atom. The van der Waals surface area contributed by atoms with Gasteiger partial charge in [0, 0.05) is 11.9 Å². The molecule has 0 atom stereocenters. The zero-order chi connectivity index (χ0) is 13.1. The predicted molar refractivity (Wildman–Crippen MR) is 64.8 cm³/mol. The molecule has 1 rings (SSSR count). The Morgan fingerprint density at radius 1 is 1.53 bits per heavy atom. The molecule has 0 aromatic carbocycles. The van der Waals surface area contributed by atoms with Gasteiger partial charge in [0.2, 0.25) is 0 Å². The summed E-state index contributed by atoms with van der Waals surface area (Å²) in [5.41, 5.74) is 0.710. The van der Waals surface area contributed by atoms with E-state index < -0.39 is 18.6 Å². The molecule has 0 aliphatic carbocycles. The van der Waals surface area contributed by atoms with E-state index in [0.29, 0.717) is 15.8 Å². The lowest BCUT2D eigenvalue weighted by atomic mass is 10.2. The van der Waals surface area contributed by atoms with Gasteiger partial charge in [0.15, 0.2) is 0 Å². The van der Waals surface area contributed by atoms with Crippen molar-refractivity contribution in [2.24, 2.45) is 0 Å². The number of hydrogen-bond donors (Lipinski definition) is 0. The number of hydrogen-bond acceptors (Lipinski definition) is 2. The Labute approximate surface area is 110 Å². The van der Waals surface area contributed by atoms with Gasteiger partial charge in [-0.3, -0.25) is 4.79 Å². The van der Waals surface area contributed by atoms with Crippen molar-refractivity contribution in [2.75, 3.05) is 18.4 Å². The second kappa shape index (κ2) is 5.86. The first-order valence-corrected chi connectivity index (χ1v) is 6.81. The van der Waals surface area contributed by atoms with Crippen molar-refractivity contribution in [3.05, 3.63) is 21.9 Å². The lowest BCUT2D eigenvalue weighted by molar-refractivity contribution is -0.140. The molecule has 0 aliphatic heterocycles. The van der Waals surface area contributed by atoms with E-state index in [9.17, 15) is 18.0 Å². The van der Waals surface area contributed by atoms with Gasteiger partial charge in [0.1, 0.15) is 6.54 Å². The van der Waals surface area contributed by atoms with Crippen LogP contribution in [-0.2, 0) is 0 Å². The number of carbonyl (C=O) groups is 1. The first-order valence-electron chi connectivity index (χ1n) is 4.81. The second-order valence-electron chi connectivity index (χ2n) is 3.46. The molecule has 1 amide bonds. The van der Waals surface area contributed by atoms with Crippen LogP contribution >= 0.6 is 27.3 Å². The van der Waals surface area contributed by atoms with E-state index in [-0.39, 0.29) is 6.54 Å². The van der Waals surface area contributed by atoms with Gasteiger partial charge in [-0.05, 0) is 23.9 Å². The van der Waals surface area contributed by atoms with Gasteiger partial charge in [-0.15, -0.1) is 11.3 Å². The zero-order valence-electron chi connectivity index (χ0n) is 9.05. The van der Waals surface area contributed by atoms with E-state index in [1.165, 1.54) is 0 Å². The maximum atomic E-state index is 12.3. The lowest BCUT2D eigenvalue weighted by Crippen LogP contribution is -2.40. The molecule has 17 heavy (non-hydrogen) atoms. The normalized spacial score (nSPS) is 11.6. The number of alkyl halides is 4. The summed E-state index contributed by atoms with van der Waals surface area (Å²) in [6.07, 6.45) is -4.37. The third kappa shape index (κ3) is 4.31. The minimum absolute atomic E-state index is 0.0374. The first-order chi connectivity index (χ1) is 7.85. The SMILES string of the molecule is Cc1ccsc1C(=O)N(CCBr)CC(F)(F)F. The highest BCUT2D eigenvalue weighted by molar-refractivity contribution is 9.09. The van der Waals surface area contributed by atoms with Gasteiger partial charge in [-0.1, -0.05) is 15.9 Å². The molecule has 0 fully saturated rings. The molecule has 0 saturated heterocycles. The predicted octanol–water partition coefficient (Wildman–Crippen LogP) is 3.46. The molecule has 0 unspecified atom stereocenters. The number of amides is 1. The highest BCUT2D eigenvalue weighted by Crippen LogP contribution is 2.22. The van der Waals surface area contributed by atoms with Crippen LogP contribution in [0.15, 0.2) is 11.4 Å². The van der Waals surface area contributed by atoms with Gasteiger partial charge >= 0.3 is 6.18 Å². The summed E-state index contributed by atoms with van der Waals surface area (Å²) in [4.78, 5) is 13.1. The molecular weight excluding hydrogens is 319 g/mol. The number of nitrogens with zero attached hydrogens (tertiary/aromatic N) is 1. The summed E-state index contributed by atoms with van der Waals surface area (Å²) in [6, 6.07) is 1.72. The molecule has 0 saturated carbocycles. The van der Waals surface area contributed by atoms with Crippen molar-refractivity contribution < 1.29 is 18.0 Å². The van der Waals surface area contributed by atoms with Crippen molar-refractivity contribution in [1.29, 1.82) is 0 Å². The van der Waals surface area contributed by atoms with Gasteiger partial charge in [-0.2, -0.15) is 13.2 Å². The number of rotatable bonds is 4. The standard InChI is InChI=1S/C10H11BrF3NOS/c1-7-2-5-17-8(7)9(16)15(4-3-11)6-10(12,13)14/h2,5H,3-4,6H2,1H3. The average Bonchev–Trinajstić information content (AvgIpc) is 2.61. The number of aryl methyl sites for hydroxylation is 1. The molecule has 0 spiro atoms. The van der Waals surface area contributed by atoms with E-state index in [0.717, 1.165) is 16.2 Å². The van der Waals surface area contributed by atoms with Gasteiger partial charge in [0.05, 0.1) is 4.88 Å². The summed E-state index contributed by atoms with van der Waals surface area (Å²) in [5, 5.41) is 2.02. The van der Waals surface area contributed by atoms with E-state index in [1.807, 2.05) is 0 Å². The summed E-state index contributed by atoms with van der Waals surface area (Å²) < 4.78 is 37.0. The molecule has 7 heteroatoms. The van der Waals surface area contributed by atoms with Crippen LogP contribution < -0.4 is 0 Å². The van der Waals surface area contributed by atoms with Gasteiger partial charge in [-0.25, -0.2) is 0 Å². The topological polar surface area (TPSA) is 20.3 Å².